The minimum absolute atomic E-state index is 0.0267. The van der Waals surface area contributed by atoms with E-state index in [1.165, 1.54) is 0 Å². The van der Waals surface area contributed by atoms with E-state index >= 15 is 0 Å². The highest BCUT2D eigenvalue weighted by atomic mass is 32.1. The highest BCUT2D eigenvalue weighted by Crippen LogP contribution is 2.22. The van der Waals surface area contributed by atoms with Gasteiger partial charge in [-0.15, -0.1) is 11.3 Å². The lowest BCUT2D eigenvalue weighted by molar-refractivity contribution is -0.133. The lowest BCUT2D eigenvalue weighted by Crippen LogP contribution is -2.49. The van der Waals surface area contributed by atoms with Crippen molar-refractivity contribution >= 4 is 29.5 Å². The van der Waals surface area contributed by atoms with E-state index in [9.17, 15) is 4.79 Å². The molecular weight excluding hydrogens is 458 g/mol. The van der Waals surface area contributed by atoms with Crippen LogP contribution in [-0.4, -0.2) is 66.8 Å². The molecule has 5 rings (SSSR count). The predicted octanol–water partition coefficient (Wildman–Crippen LogP) is 3.37. The zero-order chi connectivity index (χ0) is 22.8. The van der Waals surface area contributed by atoms with E-state index in [2.05, 4.69) is 25.2 Å². The van der Waals surface area contributed by atoms with Gasteiger partial charge >= 0.3 is 0 Å². The third-order valence-electron chi connectivity index (χ3n) is 5.62. The molecule has 1 fully saturated rings. The quantitative estimate of drug-likeness (QED) is 0.422. The molecule has 1 aliphatic heterocycles. The number of aromatic nitrogens is 5. The van der Waals surface area contributed by atoms with Crippen molar-refractivity contribution in [2.24, 2.45) is 0 Å². The van der Waals surface area contributed by atoms with E-state index < -0.39 is 0 Å². The number of aromatic amines is 1. The Kier molecular flexibility index (Phi) is 6.16. The van der Waals surface area contributed by atoms with Crippen molar-refractivity contribution in [3.63, 3.8) is 0 Å². The molecule has 1 amide bonds. The van der Waals surface area contributed by atoms with Gasteiger partial charge in [0.15, 0.2) is 10.6 Å². The summed E-state index contributed by atoms with van der Waals surface area (Å²) in [5.41, 5.74) is 2.06. The Balaban J connectivity index is 1.19. The second-order valence-electron chi connectivity index (χ2n) is 7.95. The van der Waals surface area contributed by atoms with Crippen LogP contribution in [0.1, 0.15) is 11.5 Å². The van der Waals surface area contributed by atoms with Crippen LogP contribution in [0.15, 0.2) is 46.3 Å². The zero-order valence-electron chi connectivity index (χ0n) is 18.1. The number of carbonyl (C=O) groups is 1. The largest absolute Gasteiger partial charge is 0.339 e. The summed E-state index contributed by atoms with van der Waals surface area (Å²) in [6, 6.07) is 11.9. The molecule has 1 saturated heterocycles. The standard InChI is InChI=1S/C22H23N7O2S2/c1-15-4-2-5-16(12-15)21-24-25-22(32)29(21)14-19(30)28-9-7-27(8-10-28)13-18-23-20(26-31-18)17-6-3-11-33-17/h2-6,11-12H,7-10,13-14H2,1H3,(H,25,32). The summed E-state index contributed by atoms with van der Waals surface area (Å²) in [6.07, 6.45) is 0. The summed E-state index contributed by atoms with van der Waals surface area (Å²) in [5.74, 6) is 1.91. The SMILES string of the molecule is Cc1cccc(-c2n[nH]c(=S)n2CC(=O)N2CCN(Cc3nc(-c4cccs4)no3)CC2)c1. The summed E-state index contributed by atoms with van der Waals surface area (Å²) in [5, 5.41) is 13.2. The molecule has 4 heterocycles. The highest BCUT2D eigenvalue weighted by molar-refractivity contribution is 7.71. The average molecular weight is 482 g/mol. The number of nitrogens with zero attached hydrogens (tertiary/aromatic N) is 6. The second kappa shape index (κ2) is 9.38. The summed E-state index contributed by atoms with van der Waals surface area (Å²) >= 11 is 6.97. The number of rotatable bonds is 6. The number of hydrogen-bond donors (Lipinski definition) is 1. The minimum Gasteiger partial charge on any atom is -0.339 e. The molecule has 1 N–H and O–H groups in total. The second-order valence-corrected chi connectivity index (χ2v) is 9.29. The van der Waals surface area contributed by atoms with Crippen molar-refractivity contribution in [2.45, 2.75) is 20.0 Å². The van der Waals surface area contributed by atoms with Gasteiger partial charge in [-0.05, 0) is 36.7 Å². The molecule has 0 aliphatic carbocycles. The molecule has 11 heteroatoms. The van der Waals surface area contributed by atoms with Crippen molar-refractivity contribution < 1.29 is 9.32 Å². The fourth-order valence-electron chi connectivity index (χ4n) is 3.88. The van der Waals surface area contributed by atoms with Crippen LogP contribution in [0.4, 0.5) is 0 Å². The topological polar surface area (TPSA) is 96.1 Å². The number of piperazine rings is 1. The van der Waals surface area contributed by atoms with Crippen molar-refractivity contribution in [2.75, 3.05) is 26.2 Å². The van der Waals surface area contributed by atoms with E-state index in [0.29, 0.717) is 41.9 Å². The van der Waals surface area contributed by atoms with Crippen LogP contribution in [0, 0.1) is 11.7 Å². The first-order valence-electron chi connectivity index (χ1n) is 10.7. The van der Waals surface area contributed by atoms with Crippen molar-refractivity contribution in [3.05, 3.63) is 58.0 Å². The third kappa shape index (κ3) is 4.80. The monoisotopic (exact) mass is 481 g/mol. The minimum atomic E-state index is 0.0267. The van der Waals surface area contributed by atoms with Gasteiger partial charge in [0.25, 0.3) is 0 Å². The molecule has 0 spiro atoms. The van der Waals surface area contributed by atoms with Gasteiger partial charge in [0, 0.05) is 31.7 Å². The number of amides is 1. The number of hydrogen-bond acceptors (Lipinski definition) is 8. The molecule has 0 saturated carbocycles. The van der Waals surface area contributed by atoms with E-state index in [1.807, 2.05) is 53.6 Å². The van der Waals surface area contributed by atoms with Gasteiger partial charge in [0.1, 0.15) is 6.54 Å². The van der Waals surface area contributed by atoms with Gasteiger partial charge in [-0.25, -0.2) is 0 Å². The van der Waals surface area contributed by atoms with Gasteiger partial charge in [-0.1, -0.05) is 35.0 Å². The van der Waals surface area contributed by atoms with E-state index in [4.69, 9.17) is 16.7 Å². The Morgan fingerprint density at radius 2 is 2.06 bits per heavy atom. The number of benzene rings is 1. The summed E-state index contributed by atoms with van der Waals surface area (Å²) in [6.45, 7) is 5.51. The summed E-state index contributed by atoms with van der Waals surface area (Å²) in [7, 11) is 0. The Morgan fingerprint density at radius 1 is 1.21 bits per heavy atom. The first-order valence-corrected chi connectivity index (χ1v) is 11.9. The van der Waals surface area contributed by atoms with Crippen LogP contribution in [0.2, 0.25) is 0 Å². The van der Waals surface area contributed by atoms with Crippen LogP contribution in [0.5, 0.6) is 0 Å². The Hall–Kier alpha value is -3.15. The predicted molar refractivity (Wildman–Crippen MR) is 127 cm³/mol. The van der Waals surface area contributed by atoms with Gasteiger partial charge < -0.3 is 9.42 Å². The first-order chi connectivity index (χ1) is 16.1. The molecule has 1 aromatic carbocycles. The maximum absolute atomic E-state index is 13.0. The Bertz CT molecular complexity index is 1300. The van der Waals surface area contributed by atoms with E-state index in [1.54, 1.807) is 15.9 Å². The lowest BCUT2D eigenvalue weighted by Gasteiger charge is -2.34. The maximum Gasteiger partial charge on any atom is 0.242 e. The fraction of sp³-hybridized carbons (Fsp3) is 0.318. The summed E-state index contributed by atoms with van der Waals surface area (Å²) in [4.78, 5) is 22.6. The van der Waals surface area contributed by atoms with Crippen LogP contribution < -0.4 is 0 Å². The number of carbonyl (C=O) groups excluding carboxylic acids is 1. The van der Waals surface area contributed by atoms with Crippen LogP contribution >= 0.6 is 23.6 Å². The van der Waals surface area contributed by atoms with Crippen LogP contribution in [0.3, 0.4) is 0 Å². The first kappa shape index (κ1) is 21.7. The number of aryl methyl sites for hydroxylation is 1. The van der Waals surface area contributed by atoms with Crippen LogP contribution in [-0.2, 0) is 17.9 Å². The summed E-state index contributed by atoms with van der Waals surface area (Å²) < 4.78 is 7.62. The smallest absolute Gasteiger partial charge is 0.242 e. The molecule has 3 aromatic heterocycles. The Morgan fingerprint density at radius 3 is 2.82 bits per heavy atom. The molecule has 0 radical (unpaired) electrons. The van der Waals surface area contributed by atoms with Crippen molar-refractivity contribution in [3.8, 4) is 22.1 Å². The zero-order valence-corrected chi connectivity index (χ0v) is 19.7. The molecule has 0 unspecified atom stereocenters. The third-order valence-corrected chi connectivity index (χ3v) is 6.80. The lowest BCUT2D eigenvalue weighted by atomic mass is 10.1. The number of nitrogens with one attached hydrogen (secondary N) is 1. The molecule has 1 aliphatic rings. The van der Waals surface area contributed by atoms with Gasteiger partial charge in [0.2, 0.25) is 17.6 Å². The van der Waals surface area contributed by atoms with Gasteiger partial charge in [-0.2, -0.15) is 10.1 Å². The molecular formula is C22H23N7O2S2. The normalized spacial score (nSPS) is 14.6. The van der Waals surface area contributed by atoms with E-state index in [-0.39, 0.29) is 12.5 Å². The Labute approximate surface area is 199 Å². The molecule has 0 atom stereocenters. The van der Waals surface area contributed by atoms with Crippen molar-refractivity contribution in [1.82, 2.24) is 34.7 Å². The highest BCUT2D eigenvalue weighted by Gasteiger charge is 2.24. The molecule has 9 nitrogen and oxygen atoms in total. The maximum atomic E-state index is 13.0. The molecule has 33 heavy (non-hydrogen) atoms. The molecule has 4 aromatic rings. The van der Waals surface area contributed by atoms with Gasteiger partial charge in [0.05, 0.1) is 11.4 Å². The fourth-order valence-corrected chi connectivity index (χ4v) is 4.72. The number of H-pyrrole nitrogens is 1. The van der Waals surface area contributed by atoms with Crippen molar-refractivity contribution in [1.29, 1.82) is 0 Å². The average Bonchev–Trinajstić information content (AvgIpc) is 3.57. The molecule has 0 bridgehead atoms. The number of thiophene rings is 1. The van der Waals surface area contributed by atoms with Gasteiger partial charge in [-0.3, -0.25) is 19.4 Å². The van der Waals surface area contributed by atoms with E-state index in [0.717, 1.165) is 29.1 Å². The van der Waals surface area contributed by atoms with Crippen LogP contribution in [0.25, 0.3) is 22.1 Å². The molecule has 170 valence electrons.